The maximum atomic E-state index is 14.0. The number of carbonyl (C=O) groups excluding carboxylic acids is 2. The Hall–Kier alpha value is -3.56. The molecular formula is C30H36ClN3O5S. The van der Waals surface area contributed by atoms with Crippen molar-refractivity contribution in [2.75, 3.05) is 24.5 Å². The minimum atomic E-state index is -4.16. The number of amides is 2. The van der Waals surface area contributed by atoms with Gasteiger partial charge in [0.2, 0.25) is 11.8 Å². The summed E-state index contributed by atoms with van der Waals surface area (Å²) < 4.78 is 34.1. The van der Waals surface area contributed by atoms with E-state index in [-0.39, 0.29) is 17.3 Å². The SMILES string of the molecule is CCCNC(=O)[C@H](C)N(Cc1ccc(OC)cc1)C(=O)CN(c1ccc(C)c(C)c1)S(=O)(=O)c1ccc(Cl)cc1. The Morgan fingerprint density at radius 2 is 1.62 bits per heavy atom. The Labute approximate surface area is 241 Å². The molecule has 0 bridgehead atoms. The van der Waals surface area contributed by atoms with Crippen LogP contribution in [0.15, 0.2) is 71.6 Å². The molecule has 8 nitrogen and oxygen atoms in total. The number of halogens is 1. The Kier molecular flexibility index (Phi) is 10.6. The van der Waals surface area contributed by atoms with Gasteiger partial charge in [-0.15, -0.1) is 0 Å². The van der Waals surface area contributed by atoms with Crippen LogP contribution in [0.2, 0.25) is 5.02 Å². The molecule has 3 rings (SSSR count). The molecule has 0 unspecified atom stereocenters. The molecule has 3 aromatic rings. The number of hydrogen-bond acceptors (Lipinski definition) is 5. The lowest BCUT2D eigenvalue weighted by Crippen LogP contribution is -2.51. The predicted octanol–water partition coefficient (Wildman–Crippen LogP) is 5.10. The smallest absolute Gasteiger partial charge is 0.264 e. The zero-order chi connectivity index (χ0) is 29.4. The van der Waals surface area contributed by atoms with Crippen molar-refractivity contribution in [2.24, 2.45) is 0 Å². The highest BCUT2D eigenvalue weighted by Crippen LogP contribution is 2.27. The second-order valence-electron chi connectivity index (χ2n) is 9.57. The molecule has 10 heteroatoms. The molecule has 3 aromatic carbocycles. The van der Waals surface area contributed by atoms with Gasteiger partial charge in [0.15, 0.2) is 0 Å². The summed E-state index contributed by atoms with van der Waals surface area (Å²) in [6, 6.07) is 17.3. The van der Waals surface area contributed by atoms with Crippen LogP contribution in [0, 0.1) is 13.8 Å². The lowest BCUT2D eigenvalue weighted by atomic mass is 10.1. The van der Waals surface area contributed by atoms with E-state index in [1.54, 1.807) is 50.4 Å². The van der Waals surface area contributed by atoms with Crippen molar-refractivity contribution in [2.45, 2.75) is 51.6 Å². The molecule has 0 heterocycles. The van der Waals surface area contributed by atoms with Crippen LogP contribution in [0.1, 0.15) is 37.0 Å². The fraction of sp³-hybridized carbons (Fsp3) is 0.333. The molecule has 0 aliphatic heterocycles. The third kappa shape index (κ3) is 7.55. The number of sulfonamides is 1. The van der Waals surface area contributed by atoms with E-state index in [2.05, 4.69) is 5.32 Å². The molecule has 2 amide bonds. The summed E-state index contributed by atoms with van der Waals surface area (Å²) in [5.74, 6) is -0.182. The highest BCUT2D eigenvalue weighted by atomic mass is 35.5. The molecule has 0 spiro atoms. The van der Waals surface area contributed by atoms with Crippen LogP contribution in [-0.4, -0.2) is 51.4 Å². The molecule has 40 heavy (non-hydrogen) atoms. The molecule has 0 saturated carbocycles. The van der Waals surface area contributed by atoms with Crippen molar-refractivity contribution in [1.82, 2.24) is 10.2 Å². The molecule has 0 aliphatic carbocycles. The molecule has 0 saturated heterocycles. The second kappa shape index (κ2) is 13.7. The fourth-order valence-corrected chi connectivity index (χ4v) is 5.58. The topological polar surface area (TPSA) is 96.0 Å². The van der Waals surface area contributed by atoms with Gasteiger partial charge < -0.3 is 15.0 Å². The Morgan fingerprint density at radius 3 is 2.20 bits per heavy atom. The zero-order valence-corrected chi connectivity index (χ0v) is 25.1. The lowest BCUT2D eigenvalue weighted by Gasteiger charge is -2.32. The minimum Gasteiger partial charge on any atom is -0.497 e. The minimum absolute atomic E-state index is 0.00151. The van der Waals surface area contributed by atoms with Crippen molar-refractivity contribution >= 4 is 39.1 Å². The third-order valence-corrected chi connectivity index (χ3v) is 8.73. The van der Waals surface area contributed by atoms with Gasteiger partial charge in [-0.1, -0.05) is 36.7 Å². The first-order valence-electron chi connectivity index (χ1n) is 13.0. The van der Waals surface area contributed by atoms with Gasteiger partial charge in [0.1, 0.15) is 18.3 Å². The van der Waals surface area contributed by atoms with E-state index in [0.29, 0.717) is 23.0 Å². The number of rotatable bonds is 12. The maximum absolute atomic E-state index is 14.0. The molecule has 214 valence electrons. The van der Waals surface area contributed by atoms with Crippen molar-refractivity contribution in [3.63, 3.8) is 0 Å². The molecular weight excluding hydrogens is 550 g/mol. The number of nitrogens with one attached hydrogen (secondary N) is 1. The van der Waals surface area contributed by atoms with Crippen LogP contribution in [0.25, 0.3) is 0 Å². The summed E-state index contributed by atoms with van der Waals surface area (Å²) in [7, 11) is -2.60. The van der Waals surface area contributed by atoms with Crippen molar-refractivity contribution in [3.8, 4) is 5.75 Å². The Balaban J connectivity index is 2.03. The van der Waals surface area contributed by atoms with Crippen LogP contribution in [-0.2, 0) is 26.2 Å². The number of nitrogens with zero attached hydrogens (tertiary/aromatic N) is 2. The standard InChI is InChI=1S/C30H36ClN3O5S/c1-6-17-32-30(36)23(4)33(19-24-8-13-27(39-5)14-9-24)29(35)20-34(26-12-7-21(2)22(3)18-26)40(37,38)28-15-10-25(31)11-16-28/h7-16,18,23H,6,17,19-20H2,1-5H3,(H,32,36)/t23-/m0/s1. The molecule has 1 atom stereocenters. The number of methoxy groups -OCH3 is 1. The quantitative estimate of drug-likeness (QED) is 0.319. The van der Waals surface area contributed by atoms with E-state index in [0.717, 1.165) is 27.4 Å². The summed E-state index contributed by atoms with van der Waals surface area (Å²) >= 11 is 6.00. The van der Waals surface area contributed by atoms with Gasteiger partial charge in [-0.25, -0.2) is 8.42 Å². The van der Waals surface area contributed by atoms with E-state index < -0.39 is 28.5 Å². The summed E-state index contributed by atoms with van der Waals surface area (Å²) in [6.07, 6.45) is 0.741. The van der Waals surface area contributed by atoms with Gasteiger partial charge in [-0.05, 0) is 92.4 Å². The Bertz CT molecular complexity index is 1430. The highest BCUT2D eigenvalue weighted by Gasteiger charge is 2.32. The third-order valence-electron chi connectivity index (χ3n) is 6.69. The van der Waals surface area contributed by atoms with Gasteiger partial charge in [-0.3, -0.25) is 13.9 Å². The van der Waals surface area contributed by atoms with E-state index in [9.17, 15) is 18.0 Å². The van der Waals surface area contributed by atoms with Crippen molar-refractivity contribution in [3.05, 3.63) is 88.4 Å². The maximum Gasteiger partial charge on any atom is 0.264 e. The summed E-state index contributed by atoms with van der Waals surface area (Å²) in [6.45, 7) is 7.45. The molecule has 0 radical (unpaired) electrons. The number of carbonyl (C=O) groups is 2. The van der Waals surface area contributed by atoms with Crippen molar-refractivity contribution < 1.29 is 22.7 Å². The van der Waals surface area contributed by atoms with Gasteiger partial charge in [0, 0.05) is 18.1 Å². The van der Waals surface area contributed by atoms with E-state index in [4.69, 9.17) is 16.3 Å². The molecule has 0 aliphatic rings. The first-order chi connectivity index (χ1) is 19.0. The first-order valence-corrected chi connectivity index (χ1v) is 14.9. The molecule has 0 aromatic heterocycles. The molecule has 1 N–H and O–H groups in total. The summed E-state index contributed by atoms with van der Waals surface area (Å²) in [4.78, 5) is 28.3. The van der Waals surface area contributed by atoms with Crippen LogP contribution in [0.4, 0.5) is 5.69 Å². The van der Waals surface area contributed by atoms with Crippen LogP contribution in [0.3, 0.4) is 0 Å². The number of anilines is 1. The van der Waals surface area contributed by atoms with Crippen LogP contribution in [0.5, 0.6) is 5.75 Å². The second-order valence-corrected chi connectivity index (χ2v) is 11.9. The van der Waals surface area contributed by atoms with Crippen LogP contribution >= 0.6 is 11.6 Å². The highest BCUT2D eigenvalue weighted by molar-refractivity contribution is 7.92. The monoisotopic (exact) mass is 585 g/mol. The fourth-order valence-electron chi connectivity index (χ4n) is 4.05. The first kappa shape index (κ1) is 31.0. The average Bonchev–Trinajstić information content (AvgIpc) is 2.94. The van der Waals surface area contributed by atoms with E-state index in [1.165, 1.54) is 29.2 Å². The number of ether oxygens (including phenoxy) is 1. The van der Waals surface area contributed by atoms with E-state index >= 15 is 0 Å². The van der Waals surface area contributed by atoms with Crippen molar-refractivity contribution in [1.29, 1.82) is 0 Å². The summed E-state index contributed by atoms with van der Waals surface area (Å²) in [5.41, 5.74) is 2.98. The number of benzene rings is 3. The van der Waals surface area contributed by atoms with Gasteiger partial charge in [0.05, 0.1) is 17.7 Å². The normalized spacial score (nSPS) is 11.9. The predicted molar refractivity (Wildman–Crippen MR) is 158 cm³/mol. The van der Waals surface area contributed by atoms with Gasteiger partial charge in [-0.2, -0.15) is 0 Å². The van der Waals surface area contributed by atoms with E-state index in [1.807, 2.05) is 26.8 Å². The lowest BCUT2D eigenvalue weighted by molar-refractivity contribution is -0.139. The molecule has 0 fully saturated rings. The van der Waals surface area contributed by atoms with Gasteiger partial charge >= 0.3 is 0 Å². The van der Waals surface area contributed by atoms with Crippen LogP contribution < -0.4 is 14.4 Å². The Morgan fingerprint density at radius 1 is 0.975 bits per heavy atom. The summed E-state index contributed by atoms with van der Waals surface area (Å²) in [5, 5.41) is 3.23. The van der Waals surface area contributed by atoms with Gasteiger partial charge in [0.25, 0.3) is 10.0 Å². The zero-order valence-electron chi connectivity index (χ0n) is 23.5. The number of aryl methyl sites for hydroxylation is 2. The average molecular weight is 586 g/mol. The largest absolute Gasteiger partial charge is 0.497 e. The number of hydrogen-bond donors (Lipinski definition) is 1.